The van der Waals surface area contributed by atoms with E-state index in [0.29, 0.717) is 6.04 Å². The van der Waals surface area contributed by atoms with E-state index in [1.165, 1.54) is 0 Å². The summed E-state index contributed by atoms with van der Waals surface area (Å²) in [5.41, 5.74) is 0.257. The summed E-state index contributed by atoms with van der Waals surface area (Å²) in [5.74, 6) is 0.195. The van der Waals surface area contributed by atoms with Crippen LogP contribution in [0.25, 0.3) is 0 Å². The van der Waals surface area contributed by atoms with Gasteiger partial charge in [-0.25, -0.2) is 0 Å². The molecular formula is C11H19NO. The van der Waals surface area contributed by atoms with E-state index in [9.17, 15) is 4.79 Å². The lowest BCUT2D eigenvalue weighted by atomic mass is 9.85. The molecule has 0 saturated carbocycles. The summed E-state index contributed by atoms with van der Waals surface area (Å²) in [4.78, 5) is 13.2. The predicted molar refractivity (Wildman–Crippen MR) is 54.4 cm³/mol. The van der Waals surface area contributed by atoms with E-state index in [4.69, 9.17) is 0 Å². The van der Waals surface area contributed by atoms with Crippen molar-refractivity contribution in [2.24, 2.45) is 5.41 Å². The molecule has 2 nitrogen and oxygen atoms in total. The van der Waals surface area contributed by atoms with E-state index in [1.807, 2.05) is 11.0 Å². The zero-order valence-corrected chi connectivity index (χ0v) is 8.84. The van der Waals surface area contributed by atoms with Gasteiger partial charge in [0.05, 0.1) is 0 Å². The molecule has 2 heteroatoms. The summed E-state index contributed by atoms with van der Waals surface area (Å²) in [6.07, 6.45) is 4.05. The largest absolute Gasteiger partial charge is 0.340 e. The molecule has 1 amide bonds. The quantitative estimate of drug-likeness (QED) is 0.598. The van der Waals surface area contributed by atoms with Gasteiger partial charge in [-0.05, 0) is 25.2 Å². The van der Waals surface area contributed by atoms with E-state index in [2.05, 4.69) is 20.4 Å². The lowest BCUT2D eigenvalue weighted by molar-refractivity contribution is -0.129. The van der Waals surface area contributed by atoms with Crippen LogP contribution >= 0.6 is 0 Å². The van der Waals surface area contributed by atoms with Gasteiger partial charge in [0.2, 0.25) is 5.91 Å². The molecular weight excluding hydrogens is 162 g/mol. The molecule has 1 saturated heterocycles. The molecule has 2 atom stereocenters. The molecule has 0 aromatic rings. The Morgan fingerprint density at radius 3 is 2.77 bits per heavy atom. The zero-order chi connectivity index (χ0) is 10.1. The number of rotatable bonds is 2. The van der Waals surface area contributed by atoms with Crippen molar-refractivity contribution in [3.05, 3.63) is 12.7 Å². The van der Waals surface area contributed by atoms with Crippen LogP contribution in [0.1, 0.15) is 33.6 Å². The minimum atomic E-state index is 0.195. The minimum absolute atomic E-state index is 0.195. The molecule has 74 valence electrons. The predicted octanol–water partition coefficient (Wildman–Crippen LogP) is 2.21. The second kappa shape index (κ2) is 3.52. The second-order valence-electron chi connectivity index (χ2n) is 4.50. The van der Waals surface area contributed by atoms with Gasteiger partial charge in [-0.3, -0.25) is 4.79 Å². The Bertz CT molecular complexity index is 224. The van der Waals surface area contributed by atoms with Crippen LogP contribution < -0.4 is 0 Å². The van der Waals surface area contributed by atoms with Crippen molar-refractivity contribution in [2.75, 3.05) is 6.54 Å². The number of allylic oxidation sites excluding steroid dienone is 1. The standard InChI is InChI=1S/C11H19NO/c1-5-6-11(4)7-9(2)12(8-11)10(3)13/h5,9H,1,6-8H2,2-4H3/t9-,11-/m0/s1. The average Bonchev–Trinajstić information content (AvgIpc) is 2.27. The van der Waals surface area contributed by atoms with Crippen LogP contribution in [0.2, 0.25) is 0 Å². The molecule has 0 bridgehead atoms. The fourth-order valence-corrected chi connectivity index (χ4v) is 2.37. The summed E-state index contributed by atoms with van der Waals surface area (Å²) in [7, 11) is 0. The van der Waals surface area contributed by atoms with Gasteiger partial charge in [-0.1, -0.05) is 13.0 Å². The van der Waals surface area contributed by atoms with Crippen molar-refractivity contribution in [1.82, 2.24) is 4.90 Å². The fraction of sp³-hybridized carbons (Fsp3) is 0.727. The van der Waals surface area contributed by atoms with E-state index >= 15 is 0 Å². The molecule has 0 N–H and O–H groups in total. The lowest BCUT2D eigenvalue weighted by Gasteiger charge is -2.22. The highest BCUT2D eigenvalue weighted by Gasteiger charge is 2.38. The summed E-state index contributed by atoms with van der Waals surface area (Å²) in [6.45, 7) is 10.6. The van der Waals surface area contributed by atoms with Crippen molar-refractivity contribution in [1.29, 1.82) is 0 Å². The summed E-state index contributed by atoms with van der Waals surface area (Å²) >= 11 is 0. The van der Waals surface area contributed by atoms with Gasteiger partial charge >= 0.3 is 0 Å². The maximum Gasteiger partial charge on any atom is 0.219 e. The summed E-state index contributed by atoms with van der Waals surface area (Å²) in [5, 5.41) is 0. The Kier molecular flexibility index (Phi) is 2.79. The number of nitrogens with zero attached hydrogens (tertiary/aromatic N) is 1. The molecule has 1 fully saturated rings. The smallest absolute Gasteiger partial charge is 0.219 e. The second-order valence-corrected chi connectivity index (χ2v) is 4.50. The van der Waals surface area contributed by atoms with E-state index in [0.717, 1.165) is 19.4 Å². The highest BCUT2D eigenvalue weighted by atomic mass is 16.2. The Balaban J connectivity index is 2.68. The van der Waals surface area contributed by atoms with Crippen LogP contribution in [-0.4, -0.2) is 23.4 Å². The van der Waals surface area contributed by atoms with E-state index < -0.39 is 0 Å². The molecule has 1 aliphatic rings. The van der Waals surface area contributed by atoms with Crippen LogP contribution in [0.15, 0.2) is 12.7 Å². The minimum Gasteiger partial charge on any atom is -0.340 e. The SMILES string of the molecule is C=CC[C@@]1(C)C[C@H](C)N(C(C)=O)C1. The fourth-order valence-electron chi connectivity index (χ4n) is 2.37. The molecule has 0 aliphatic carbocycles. The van der Waals surface area contributed by atoms with Crippen molar-refractivity contribution in [3.8, 4) is 0 Å². The number of carbonyl (C=O) groups excluding carboxylic acids is 1. The highest BCUT2D eigenvalue weighted by molar-refractivity contribution is 5.74. The summed E-state index contributed by atoms with van der Waals surface area (Å²) < 4.78 is 0. The maximum atomic E-state index is 11.2. The molecule has 0 unspecified atom stereocenters. The Morgan fingerprint density at radius 2 is 2.38 bits per heavy atom. The van der Waals surface area contributed by atoms with Gasteiger partial charge < -0.3 is 4.90 Å². The van der Waals surface area contributed by atoms with Crippen molar-refractivity contribution < 1.29 is 4.79 Å². The first-order valence-electron chi connectivity index (χ1n) is 4.86. The highest BCUT2D eigenvalue weighted by Crippen LogP contribution is 2.37. The van der Waals surface area contributed by atoms with E-state index in [-0.39, 0.29) is 11.3 Å². The molecule has 13 heavy (non-hydrogen) atoms. The van der Waals surface area contributed by atoms with Crippen molar-refractivity contribution >= 4 is 5.91 Å². The van der Waals surface area contributed by atoms with Gasteiger partial charge in [0, 0.05) is 19.5 Å². The summed E-state index contributed by atoms with van der Waals surface area (Å²) in [6, 6.07) is 0.391. The van der Waals surface area contributed by atoms with Gasteiger partial charge in [0.15, 0.2) is 0 Å². The number of amides is 1. The molecule has 1 aliphatic heterocycles. The van der Waals surface area contributed by atoms with Crippen LogP contribution in [-0.2, 0) is 4.79 Å². The molecule has 1 rings (SSSR count). The number of likely N-dealkylation sites (tertiary alicyclic amines) is 1. The van der Waals surface area contributed by atoms with Crippen LogP contribution in [0, 0.1) is 5.41 Å². The first-order chi connectivity index (χ1) is 5.98. The van der Waals surface area contributed by atoms with Gasteiger partial charge in [-0.15, -0.1) is 6.58 Å². The first-order valence-corrected chi connectivity index (χ1v) is 4.86. The monoisotopic (exact) mass is 181 g/mol. The molecule has 1 heterocycles. The van der Waals surface area contributed by atoms with Crippen LogP contribution in [0.3, 0.4) is 0 Å². The third kappa shape index (κ3) is 2.11. The average molecular weight is 181 g/mol. The zero-order valence-electron chi connectivity index (χ0n) is 8.84. The van der Waals surface area contributed by atoms with Gasteiger partial charge in [-0.2, -0.15) is 0 Å². The third-order valence-corrected chi connectivity index (χ3v) is 2.91. The van der Waals surface area contributed by atoms with Crippen LogP contribution in [0.5, 0.6) is 0 Å². The molecule has 0 aromatic carbocycles. The normalized spacial score (nSPS) is 33.5. The van der Waals surface area contributed by atoms with E-state index in [1.54, 1.807) is 6.92 Å². The molecule has 0 aromatic heterocycles. The van der Waals surface area contributed by atoms with Crippen molar-refractivity contribution in [3.63, 3.8) is 0 Å². The van der Waals surface area contributed by atoms with Gasteiger partial charge in [0.1, 0.15) is 0 Å². The molecule has 0 spiro atoms. The van der Waals surface area contributed by atoms with Gasteiger partial charge in [0.25, 0.3) is 0 Å². The number of hydrogen-bond donors (Lipinski definition) is 0. The topological polar surface area (TPSA) is 20.3 Å². The lowest BCUT2D eigenvalue weighted by Crippen LogP contribution is -2.32. The number of carbonyl (C=O) groups is 1. The van der Waals surface area contributed by atoms with Crippen LogP contribution in [0.4, 0.5) is 0 Å². The third-order valence-electron chi connectivity index (χ3n) is 2.91. The Labute approximate surface area is 80.6 Å². The van der Waals surface area contributed by atoms with Crippen molar-refractivity contribution in [2.45, 2.75) is 39.7 Å². The molecule has 0 radical (unpaired) electrons. The first kappa shape index (κ1) is 10.3. The maximum absolute atomic E-state index is 11.2. The Morgan fingerprint density at radius 1 is 1.77 bits per heavy atom. The Hall–Kier alpha value is -0.790. The number of hydrogen-bond acceptors (Lipinski definition) is 1.